The molecule has 4 heteroatoms. The third kappa shape index (κ3) is 5.24. The van der Waals surface area contributed by atoms with Gasteiger partial charge in [0.25, 0.3) is 0 Å². The topological polar surface area (TPSA) is 44.4 Å². The van der Waals surface area contributed by atoms with Crippen molar-refractivity contribution in [3.8, 4) is 0 Å². The summed E-state index contributed by atoms with van der Waals surface area (Å²) in [5.74, 6) is 0.117. The number of nitrogens with zero attached hydrogens (tertiary/aromatic N) is 1. The molecule has 2 N–H and O–H groups in total. The fraction of sp³-hybridized carbons (Fsp3) is 0.611. The maximum absolute atomic E-state index is 11.7. The number of hydrogen-bond acceptors (Lipinski definition) is 3. The monoisotopic (exact) mass is 303 g/mol. The van der Waals surface area contributed by atoms with Gasteiger partial charge in [-0.05, 0) is 56.9 Å². The minimum absolute atomic E-state index is 0.117. The molecule has 0 saturated carbocycles. The van der Waals surface area contributed by atoms with E-state index in [1.54, 1.807) is 0 Å². The van der Waals surface area contributed by atoms with Crippen molar-refractivity contribution in [2.24, 2.45) is 0 Å². The summed E-state index contributed by atoms with van der Waals surface area (Å²) < 4.78 is 0. The van der Waals surface area contributed by atoms with Crippen LogP contribution >= 0.6 is 0 Å². The molecule has 0 aromatic heterocycles. The molecule has 1 fully saturated rings. The van der Waals surface area contributed by atoms with E-state index >= 15 is 0 Å². The summed E-state index contributed by atoms with van der Waals surface area (Å²) in [6.45, 7) is 7.12. The van der Waals surface area contributed by atoms with E-state index < -0.39 is 0 Å². The van der Waals surface area contributed by atoms with Crippen LogP contribution in [0.15, 0.2) is 24.3 Å². The lowest BCUT2D eigenvalue weighted by atomic mass is 10.1. The van der Waals surface area contributed by atoms with Gasteiger partial charge in [-0.25, -0.2) is 0 Å². The zero-order valence-corrected chi connectivity index (χ0v) is 13.9. The molecule has 0 aliphatic carbocycles. The molecule has 1 aromatic carbocycles. The molecule has 22 heavy (non-hydrogen) atoms. The summed E-state index contributed by atoms with van der Waals surface area (Å²) in [5.41, 5.74) is 2.39. The van der Waals surface area contributed by atoms with E-state index in [1.807, 2.05) is 6.92 Å². The Kier molecular flexibility index (Phi) is 6.56. The zero-order chi connectivity index (χ0) is 15.8. The molecule has 1 heterocycles. The van der Waals surface area contributed by atoms with Gasteiger partial charge in [-0.3, -0.25) is 4.79 Å². The number of carbonyl (C=O) groups is 1. The summed E-state index contributed by atoms with van der Waals surface area (Å²) in [7, 11) is 0. The highest BCUT2D eigenvalue weighted by atomic mass is 16.1. The summed E-state index contributed by atoms with van der Waals surface area (Å²) in [6.07, 6.45) is 5.43. The summed E-state index contributed by atoms with van der Waals surface area (Å²) in [4.78, 5) is 14.2. The Morgan fingerprint density at radius 2 is 1.86 bits per heavy atom. The Hall–Kier alpha value is -1.71. The maximum atomic E-state index is 11.7. The molecule has 1 unspecified atom stereocenters. The molecular weight excluding hydrogens is 274 g/mol. The lowest BCUT2D eigenvalue weighted by Crippen LogP contribution is -2.32. The molecule has 1 amide bonds. The average molecular weight is 303 g/mol. The maximum Gasteiger partial charge on any atom is 0.221 e. The molecule has 0 radical (unpaired) electrons. The van der Waals surface area contributed by atoms with Gasteiger partial charge in [-0.1, -0.05) is 6.92 Å². The van der Waals surface area contributed by atoms with Crippen molar-refractivity contribution in [2.75, 3.05) is 29.9 Å². The van der Waals surface area contributed by atoms with E-state index in [1.165, 1.54) is 38.0 Å². The molecule has 1 atom stereocenters. The third-order valence-corrected chi connectivity index (χ3v) is 4.29. The van der Waals surface area contributed by atoms with Crippen molar-refractivity contribution in [2.45, 2.75) is 52.0 Å². The number of rotatable bonds is 7. The smallest absolute Gasteiger partial charge is 0.221 e. The van der Waals surface area contributed by atoms with Crippen LogP contribution in [0.5, 0.6) is 0 Å². The molecule has 4 nitrogen and oxygen atoms in total. The summed E-state index contributed by atoms with van der Waals surface area (Å²) in [6, 6.07) is 8.82. The van der Waals surface area contributed by atoms with Gasteiger partial charge in [-0.15, -0.1) is 0 Å². The number of carbonyl (C=O) groups excluding carboxylic acids is 1. The fourth-order valence-electron chi connectivity index (χ4n) is 2.71. The van der Waals surface area contributed by atoms with Crippen LogP contribution in [0.25, 0.3) is 0 Å². The van der Waals surface area contributed by atoms with Gasteiger partial charge < -0.3 is 15.5 Å². The van der Waals surface area contributed by atoms with Crippen molar-refractivity contribution < 1.29 is 4.79 Å². The summed E-state index contributed by atoms with van der Waals surface area (Å²) in [5, 5.41) is 6.30. The predicted molar refractivity (Wildman–Crippen MR) is 93.5 cm³/mol. The second kappa shape index (κ2) is 8.66. The van der Waals surface area contributed by atoms with E-state index in [2.05, 4.69) is 46.7 Å². The lowest BCUT2D eigenvalue weighted by molar-refractivity contribution is -0.121. The Morgan fingerprint density at radius 1 is 1.18 bits per heavy atom. The number of anilines is 2. The van der Waals surface area contributed by atoms with Gasteiger partial charge in [0.1, 0.15) is 0 Å². The molecule has 1 saturated heterocycles. The normalized spacial score (nSPS) is 16.2. The molecular formula is C18H29N3O. The lowest BCUT2D eigenvalue weighted by Gasteiger charge is -2.28. The second-order valence-electron chi connectivity index (χ2n) is 6.15. The number of nitrogens with one attached hydrogen (secondary N) is 2. The van der Waals surface area contributed by atoms with Crippen molar-refractivity contribution in [3.05, 3.63) is 24.3 Å². The van der Waals surface area contributed by atoms with Gasteiger partial charge in [0.05, 0.1) is 0 Å². The van der Waals surface area contributed by atoms with Crippen LogP contribution in [0, 0.1) is 0 Å². The van der Waals surface area contributed by atoms with E-state index in [-0.39, 0.29) is 11.9 Å². The first kappa shape index (κ1) is 16.7. The SMILES string of the molecule is CCC(C)NC(=O)CCNc1ccc(N2CCCCC2)cc1. The number of amides is 1. The molecule has 1 aromatic rings. The van der Waals surface area contributed by atoms with Crippen LogP contribution in [0.2, 0.25) is 0 Å². The number of benzene rings is 1. The molecule has 1 aliphatic rings. The molecule has 0 spiro atoms. The highest BCUT2D eigenvalue weighted by Gasteiger charge is 2.10. The highest BCUT2D eigenvalue weighted by molar-refractivity contribution is 5.76. The van der Waals surface area contributed by atoms with Gasteiger partial charge in [0.2, 0.25) is 5.91 Å². The standard InChI is InChI=1S/C18H29N3O/c1-3-15(2)20-18(22)11-12-19-16-7-9-17(10-8-16)21-13-5-4-6-14-21/h7-10,15,19H,3-6,11-14H2,1-2H3,(H,20,22). The Labute approximate surface area is 134 Å². The zero-order valence-electron chi connectivity index (χ0n) is 13.9. The van der Waals surface area contributed by atoms with E-state index in [0.29, 0.717) is 13.0 Å². The Bertz CT molecular complexity index is 452. The van der Waals surface area contributed by atoms with Crippen molar-refractivity contribution >= 4 is 17.3 Å². The number of hydrogen-bond donors (Lipinski definition) is 2. The first-order valence-corrected chi connectivity index (χ1v) is 8.57. The van der Waals surface area contributed by atoms with E-state index in [9.17, 15) is 4.79 Å². The van der Waals surface area contributed by atoms with Crippen molar-refractivity contribution in [1.82, 2.24) is 5.32 Å². The van der Waals surface area contributed by atoms with E-state index in [4.69, 9.17) is 0 Å². The molecule has 122 valence electrons. The highest BCUT2D eigenvalue weighted by Crippen LogP contribution is 2.21. The van der Waals surface area contributed by atoms with Crippen LogP contribution in [-0.2, 0) is 4.79 Å². The predicted octanol–water partition coefficient (Wildman–Crippen LogP) is 3.39. The molecule has 1 aliphatic heterocycles. The van der Waals surface area contributed by atoms with Crippen LogP contribution < -0.4 is 15.5 Å². The third-order valence-electron chi connectivity index (χ3n) is 4.29. The average Bonchev–Trinajstić information content (AvgIpc) is 2.56. The Morgan fingerprint density at radius 3 is 2.50 bits per heavy atom. The van der Waals surface area contributed by atoms with Gasteiger partial charge in [0.15, 0.2) is 0 Å². The van der Waals surface area contributed by atoms with Crippen molar-refractivity contribution in [1.29, 1.82) is 0 Å². The van der Waals surface area contributed by atoms with Crippen molar-refractivity contribution in [3.63, 3.8) is 0 Å². The largest absolute Gasteiger partial charge is 0.385 e. The van der Waals surface area contributed by atoms with E-state index in [0.717, 1.165) is 12.1 Å². The number of piperidine rings is 1. The van der Waals surface area contributed by atoms with Gasteiger partial charge >= 0.3 is 0 Å². The molecule has 0 bridgehead atoms. The van der Waals surface area contributed by atoms with Crippen LogP contribution in [0.4, 0.5) is 11.4 Å². The second-order valence-corrected chi connectivity index (χ2v) is 6.15. The van der Waals surface area contributed by atoms with Crippen LogP contribution in [0.1, 0.15) is 46.0 Å². The molecule has 2 rings (SSSR count). The van der Waals surface area contributed by atoms with Gasteiger partial charge in [-0.2, -0.15) is 0 Å². The fourth-order valence-corrected chi connectivity index (χ4v) is 2.71. The quantitative estimate of drug-likeness (QED) is 0.811. The first-order chi connectivity index (χ1) is 10.7. The minimum atomic E-state index is 0.117. The van der Waals surface area contributed by atoms with Gasteiger partial charge in [0, 0.05) is 43.5 Å². The van der Waals surface area contributed by atoms with Crippen LogP contribution in [0.3, 0.4) is 0 Å². The Balaban J connectivity index is 1.73. The minimum Gasteiger partial charge on any atom is -0.385 e. The first-order valence-electron chi connectivity index (χ1n) is 8.57. The summed E-state index contributed by atoms with van der Waals surface area (Å²) >= 11 is 0. The van der Waals surface area contributed by atoms with Crippen LogP contribution in [-0.4, -0.2) is 31.6 Å².